The number of aliphatic hydroxyl groups is 3. The van der Waals surface area contributed by atoms with Crippen LogP contribution in [0.25, 0.3) is 0 Å². The summed E-state index contributed by atoms with van der Waals surface area (Å²) in [5.74, 6) is -0.462. The molecule has 13 heavy (non-hydrogen) atoms. The van der Waals surface area contributed by atoms with Crippen molar-refractivity contribution < 1.29 is 20.1 Å². The Bertz CT molecular complexity index is 258. The van der Waals surface area contributed by atoms with E-state index < -0.39 is 12.4 Å². The summed E-state index contributed by atoms with van der Waals surface area (Å²) in [5, 5.41) is 28.0. The molecule has 1 aliphatic heterocycles. The third kappa shape index (κ3) is 1.27. The highest BCUT2D eigenvalue weighted by Gasteiger charge is 2.41. The lowest BCUT2D eigenvalue weighted by Gasteiger charge is -2.29. The van der Waals surface area contributed by atoms with Crippen LogP contribution in [0.5, 0.6) is 0 Å². The molecule has 2 rings (SSSR count). The van der Waals surface area contributed by atoms with Gasteiger partial charge in [0.15, 0.2) is 0 Å². The number of hydrogen-bond acceptors (Lipinski definition) is 4. The van der Waals surface area contributed by atoms with Crippen molar-refractivity contribution in [3.63, 3.8) is 0 Å². The van der Waals surface area contributed by atoms with Gasteiger partial charge >= 0.3 is 0 Å². The topological polar surface area (TPSA) is 69.9 Å². The summed E-state index contributed by atoms with van der Waals surface area (Å²) in [6.45, 7) is -0.146. The molecular formula is C9H12O4. The fraction of sp³-hybridized carbons (Fsp3) is 0.556. The van der Waals surface area contributed by atoms with Gasteiger partial charge in [0.2, 0.25) is 6.29 Å². The van der Waals surface area contributed by atoms with Crippen molar-refractivity contribution >= 4 is 0 Å². The van der Waals surface area contributed by atoms with Crippen molar-refractivity contribution in [2.45, 2.75) is 12.4 Å². The highest BCUT2D eigenvalue weighted by atomic mass is 16.6. The van der Waals surface area contributed by atoms with Crippen molar-refractivity contribution in [1.29, 1.82) is 0 Å². The molecule has 0 amide bonds. The maximum Gasteiger partial charge on any atom is 0.203 e. The molecule has 2 aliphatic rings. The summed E-state index contributed by atoms with van der Waals surface area (Å²) in [7, 11) is 0. The summed E-state index contributed by atoms with van der Waals surface area (Å²) in [6, 6.07) is 0. The van der Waals surface area contributed by atoms with E-state index >= 15 is 0 Å². The SMILES string of the molecule is OCC1=CC(O)C2C=COC(O)C12. The van der Waals surface area contributed by atoms with Crippen molar-refractivity contribution in [2.75, 3.05) is 6.61 Å². The van der Waals surface area contributed by atoms with Gasteiger partial charge in [-0.15, -0.1) is 0 Å². The molecule has 4 heteroatoms. The van der Waals surface area contributed by atoms with Gasteiger partial charge in [0.25, 0.3) is 0 Å². The van der Waals surface area contributed by atoms with Gasteiger partial charge in [0.05, 0.1) is 24.9 Å². The van der Waals surface area contributed by atoms with Crippen LogP contribution in [-0.4, -0.2) is 34.3 Å². The molecule has 4 atom stereocenters. The first-order chi connectivity index (χ1) is 6.24. The molecule has 0 aromatic heterocycles. The Morgan fingerprint density at radius 1 is 1.38 bits per heavy atom. The number of rotatable bonds is 1. The molecule has 1 aliphatic carbocycles. The Kier molecular flexibility index (Phi) is 2.11. The lowest BCUT2D eigenvalue weighted by Crippen LogP contribution is -2.34. The molecule has 0 bridgehead atoms. The molecule has 0 aromatic rings. The van der Waals surface area contributed by atoms with E-state index in [0.717, 1.165) is 0 Å². The number of hydrogen-bond donors (Lipinski definition) is 3. The third-order valence-electron chi connectivity index (χ3n) is 2.63. The van der Waals surface area contributed by atoms with E-state index in [1.807, 2.05) is 0 Å². The first-order valence-corrected chi connectivity index (χ1v) is 4.23. The van der Waals surface area contributed by atoms with Crippen LogP contribution in [0.4, 0.5) is 0 Å². The van der Waals surface area contributed by atoms with Crippen LogP contribution >= 0.6 is 0 Å². The van der Waals surface area contributed by atoms with Gasteiger partial charge in [-0.3, -0.25) is 0 Å². The van der Waals surface area contributed by atoms with Gasteiger partial charge < -0.3 is 20.1 Å². The van der Waals surface area contributed by atoms with E-state index in [1.54, 1.807) is 12.2 Å². The average molecular weight is 184 g/mol. The lowest BCUT2D eigenvalue weighted by atomic mass is 9.88. The van der Waals surface area contributed by atoms with E-state index in [4.69, 9.17) is 9.84 Å². The highest BCUT2D eigenvalue weighted by Crippen LogP contribution is 2.38. The van der Waals surface area contributed by atoms with Crippen LogP contribution in [0.3, 0.4) is 0 Å². The maximum atomic E-state index is 9.54. The molecule has 0 aromatic carbocycles. The van der Waals surface area contributed by atoms with Crippen molar-refractivity contribution in [2.24, 2.45) is 11.8 Å². The van der Waals surface area contributed by atoms with Gasteiger partial charge in [0.1, 0.15) is 0 Å². The zero-order chi connectivity index (χ0) is 9.42. The number of fused-ring (bicyclic) bond motifs is 1. The van der Waals surface area contributed by atoms with E-state index in [0.29, 0.717) is 5.57 Å². The Hall–Kier alpha value is -0.840. The highest BCUT2D eigenvalue weighted by molar-refractivity contribution is 5.25. The van der Waals surface area contributed by atoms with Gasteiger partial charge in [-0.2, -0.15) is 0 Å². The van der Waals surface area contributed by atoms with Crippen molar-refractivity contribution in [3.05, 3.63) is 24.0 Å². The Balaban J connectivity index is 2.27. The fourth-order valence-corrected chi connectivity index (χ4v) is 1.97. The van der Waals surface area contributed by atoms with E-state index in [9.17, 15) is 10.2 Å². The van der Waals surface area contributed by atoms with E-state index in [2.05, 4.69) is 0 Å². The quantitative estimate of drug-likeness (QED) is 0.475. The second-order valence-electron chi connectivity index (χ2n) is 3.35. The first kappa shape index (κ1) is 8.74. The van der Waals surface area contributed by atoms with Crippen molar-refractivity contribution in [1.82, 2.24) is 0 Å². The van der Waals surface area contributed by atoms with Crippen LogP contribution in [0.1, 0.15) is 0 Å². The van der Waals surface area contributed by atoms with Crippen LogP contribution in [0.15, 0.2) is 24.0 Å². The second-order valence-corrected chi connectivity index (χ2v) is 3.35. The minimum absolute atomic E-state index is 0.146. The zero-order valence-electron chi connectivity index (χ0n) is 7.00. The van der Waals surface area contributed by atoms with Crippen LogP contribution in [0, 0.1) is 11.8 Å². The van der Waals surface area contributed by atoms with Gasteiger partial charge in [-0.1, -0.05) is 6.08 Å². The summed E-state index contributed by atoms with van der Waals surface area (Å²) >= 11 is 0. The van der Waals surface area contributed by atoms with Gasteiger partial charge in [-0.05, 0) is 11.6 Å². The third-order valence-corrected chi connectivity index (χ3v) is 2.63. The van der Waals surface area contributed by atoms with E-state index in [-0.39, 0.29) is 18.4 Å². The minimum atomic E-state index is -0.953. The molecule has 3 N–H and O–H groups in total. The molecule has 0 fully saturated rings. The summed E-state index contributed by atoms with van der Waals surface area (Å²) in [4.78, 5) is 0. The Morgan fingerprint density at radius 2 is 2.15 bits per heavy atom. The minimum Gasteiger partial charge on any atom is -0.472 e. The van der Waals surface area contributed by atoms with Crippen LogP contribution in [0.2, 0.25) is 0 Å². The largest absolute Gasteiger partial charge is 0.472 e. The summed E-state index contributed by atoms with van der Waals surface area (Å²) < 4.78 is 4.88. The Morgan fingerprint density at radius 3 is 2.85 bits per heavy atom. The zero-order valence-corrected chi connectivity index (χ0v) is 7.00. The molecule has 72 valence electrons. The fourth-order valence-electron chi connectivity index (χ4n) is 1.97. The average Bonchev–Trinajstić information content (AvgIpc) is 2.45. The number of ether oxygens (including phenoxy) is 1. The molecule has 1 heterocycles. The predicted molar refractivity (Wildman–Crippen MR) is 44.4 cm³/mol. The predicted octanol–water partition coefficient (Wildman–Crippen LogP) is -0.626. The standard InChI is InChI=1S/C9H12O4/c10-4-5-3-7(11)6-1-2-13-9(12)8(5)6/h1-3,6-12H,4H2. The van der Waals surface area contributed by atoms with Crippen LogP contribution < -0.4 is 0 Å². The van der Waals surface area contributed by atoms with Gasteiger partial charge in [0, 0.05) is 5.92 Å². The first-order valence-electron chi connectivity index (χ1n) is 4.23. The summed E-state index contributed by atoms with van der Waals surface area (Å²) in [5.41, 5.74) is 0.648. The molecular weight excluding hydrogens is 172 g/mol. The lowest BCUT2D eigenvalue weighted by molar-refractivity contribution is -0.108. The van der Waals surface area contributed by atoms with Gasteiger partial charge in [-0.25, -0.2) is 0 Å². The normalized spacial score (nSPS) is 42.5. The number of aliphatic hydroxyl groups excluding tert-OH is 3. The molecule has 4 unspecified atom stereocenters. The molecule has 0 saturated carbocycles. The van der Waals surface area contributed by atoms with Crippen molar-refractivity contribution in [3.8, 4) is 0 Å². The molecule has 0 saturated heterocycles. The maximum absolute atomic E-state index is 9.54. The smallest absolute Gasteiger partial charge is 0.203 e. The monoisotopic (exact) mass is 184 g/mol. The Labute approximate surface area is 75.8 Å². The summed E-state index contributed by atoms with van der Waals surface area (Å²) in [6.07, 6.45) is 3.11. The molecule has 4 nitrogen and oxygen atoms in total. The molecule has 0 radical (unpaired) electrons. The van der Waals surface area contributed by atoms with E-state index in [1.165, 1.54) is 6.26 Å². The second kappa shape index (κ2) is 3.14. The molecule has 0 spiro atoms. The van der Waals surface area contributed by atoms with Crippen LogP contribution in [-0.2, 0) is 4.74 Å².